The lowest BCUT2D eigenvalue weighted by Crippen LogP contribution is -2.19. The standard InChI is InChI=1S/C14H12N4O2/c1-18-11-4-2-9(3-5-12(19)20)8-10(11)17-13-14(18)16-7-6-15-13/h2-8H,1H3,(H,15,17)(H,19,20)/b5-3+. The normalized spacial score (nSPS) is 12.8. The van der Waals surface area contributed by atoms with E-state index < -0.39 is 5.97 Å². The summed E-state index contributed by atoms with van der Waals surface area (Å²) >= 11 is 0. The molecule has 0 atom stereocenters. The Kier molecular flexibility index (Phi) is 2.83. The molecule has 1 aliphatic rings. The molecular weight excluding hydrogens is 256 g/mol. The molecule has 0 fully saturated rings. The van der Waals surface area contributed by atoms with Gasteiger partial charge in [-0.05, 0) is 23.8 Å². The van der Waals surface area contributed by atoms with E-state index in [1.54, 1.807) is 18.5 Å². The zero-order chi connectivity index (χ0) is 14.1. The van der Waals surface area contributed by atoms with Crippen LogP contribution in [0.15, 0.2) is 36.7 Å². The molecule has 1 aliphatic heterocycles. The molecule has 0 unspecified atom stereocenters. The average molecular weight is 268 g/mol. The summed E-state index contributed by atoms with van der Waals surface area (Å²) in [5.41, 5.74) is 2.64. The summed E-state index contributed by atoms with van der Waals surface area (Å²) < 4.78 is 0. The van der Waals surface area contributed by atoms with Crippen molar-refractivity contribution in [3.05, 3.63) is 42.2 Å². The van der Waals surface area contributed by atoms with Crippen molar-refractivity contribution in [1.29, 1.82) is 0 Å². The van der Waals surface area contributed by atoms with E-state index in [1.807, 2.05) is 30.1 Å². The van der Waals surface area contributed by atoms with Gasteiger partial charge in [-0.15, -0.1) is 0 Å². The number of hydrogen-bond donors (Lipinski definition) is 2. The van der Waals surface area contributed by atoms with Crippen LogP contribution in [0.25, 0.3) is 6.08 Å². The summed E-state index contributed by atoms with van der Waals surface area (Å²) in [5.74, 6) is 0.472. The molecule has 0 spiro atoms. The van der Waals surface area contributed by atoms with Crippen LogP contribution in [0, 0.1) is 0 Å². The first kappa shape index (κ1) is 12.2. The minimum Gasteiger partial charge on any atom is -0.478 e. The van der Waals surface area contributed by atoms with Gasteiger partial charge < -0.3 is 15.3 Å². The molecule has 0 amide bonds. The fraction of sp³-hybridized carbons (Fsp3) is 0.0714. The molecule has 3 rings (SSSR count). The number of benzene rings is 1. The minimum absolute atomic E-state index is 0.682. The van der Waals surface area contributed by atoms with E-state index >= 15 is 0 Å². The molecular formula is C14H12N4O2. The number of fused-ring (bicyclic) bond motifs is 2. The summed E-state index contributed by atoms with van der Waals surface area (Å²) in [5, 5.41) is 11.9. The van der Waals surface area contributed by atoms with Crippen LogP contribution in [0.5, 0.6) is 0 Å². The van der Waals surface area contributed by atoms with Gasteiger partial charge in [0.05, 0.1) is 11.4 Å². The molecule has 100 valence electrons. The van der Waals surface area contributed by atoms with Crippen LogP contribution in [0.1, 0.15) is 5.56 Å². The van der Waals surface area contributed by atoms with Crippen molar-refractivity contribution in [2.24, 2.45) is 0 Å². The van der Waals surface area contributed by atoms with Gasteiger partial charge in [-0.25, -0.2) is 14.8 Å². The van der Waals surface area contributed by atoms with Crippen LogP contribution in [-0.4, -0.2) is 28.1 Å². The lowest BCUT2D eigenvalue weighted by atomic mass is 10.1. The van der Waals surface area contributed by atoms with E-state index in [9.17, 15) is 4.79 Å². The Bertz CT molecular complexity index is 712. The maximum atomic E-state index is 10.5. The van der Waals surface area contributed by atoms with Gasteiger partial charge in [0.2, 0.25) is 0 Å². The van der Waals surface area contributed by atoms with E-state index in [4.69, 9.17) is 5.11 Å². The molecule has 0 saturated carbocycles. The minimum atomic E-state index is -0.969. The fourth-order valence-corrected chi connectivity index (χ4v) is 2.12. The van der Waals surface area contributed by atoms with Gasteiger partial charge in [0.15, 0.2) is 11.6 Å². The zero-order valence-electron chi connectivity index (χ0n) is 10.7. The first-order chi connectivity index (χ1) is 9.65. The predicted octanol–water partition coefficient (Wildman–Crippen LogP) is 2.40. The Morgan fingerprint density at radius 3 is 2.95 bits per heavy atom. The smallest absolute Gasteiger partial charge is 0.328 e. The quantitative estimate of drug-likeness (QED) is 0.814. The molecule has 20 heavy (non-hydrogen) atoms. The van der Waals surface area contributed by atoms with Crippen molar-refractivity contribution in [2.75, 3.05) is 17.3 Å². The summed E-state index contributed by atoms with van der Waals surface area (Å²) in [7, 11) is 1.92. The number of anilines is 4. The second-order valence-electron chi connectivity index (χ2n) is 4.36. The third-order valence-corrected chi connectivity index (χ3v) is 3.05. The van der Waals surface area contributed by atoms with Gasteiger partial charge in [-0.3, -0.25) is 0 Å². The molecule has 6 heteroatoms. The van der Waals surface area contributed by atoms with Gasteiger partial charge >= 0.3 is 5.97 Å². The third kappa shape index (κ3) is 2.07. The molecule has 2 N–H and O–H groups in total. The van der Waals surface area contributed by atoms with Gasteiger partial charge in [0.25, 0.3) is 0 Å². The summed E-state index contributed by atoms with van der Waals surface area (Å²) in [6.07, 6.45) is 5.93. The van der Waals surface area contributed by atoms with Gasteiger partial charge in [0.1, 0.15) is 0 Å². The number of carboxylic acids is 1. The van der Waals surface area contributed by atoms with Gasteiger partial charge in [-0.2, -0.15) is 0 Å². The second-order valence-corrected chi connectivity index (χ2v) is 4.36. The topological polar surface area (TPSA) is 78.4 Å². The number of nitrogens with zero attached hydrogens (tertiary/aromatic N) is 3. The van der Waals surface area contributed by atoms with E-state index in [-0.39, 0.29) is 0 Å². The van der Waals surface area contributed by atoms with Crippen LogP contribution in [-0.2, 0) is 4.79 Å². The van der Waals surface area contributed by atoms with Crippen molar-refractivity contribution in [1.82, 2.24) is 9.97 Å². The van der Waals surface area contributed by atoms with Crippen LogP contribution in [0.2, 0.25) is 0 Å². The Morgan fingerprint density at radius 1 is 1.35 bits per heavy atom. The Morgan fingerprint density at radius 2 is 2.15 bits per heavy atom. The number of rotatable bonds is 2. The van der Waals surface area contributed by atoms with Crippen LogP contribution in [0.3, 0.4) is 0 Å². The van der Waals surface area contributed by atoms with Crippen LogP contribution < -0.4 is 10.2 Å². The molecule has 1 aromatic heterocycles. The highest BCUT2D eigenvalue weighted by molar-refractivity contribution is 5.90. The zero-order valence-corrected chi connectivity index (χ0v) is 10.7. The fourth-order valence-electron chi connectivity index (χ4n) is 2.12. The first-order valence-electron chi connectivity index (χ1n) is 6.02. The van der Waals surface area contributed by atoms with E-state index in [0.717, 1.165) is 28.8 Å². The molecule has 2 aromatic rings. The van der Waals surface area contributed by atoms with Crippen molar-refractivity contribution in [3.8, 4) is 0 Å². The molecule has 1 aromatic carbocycles. The Labute approximate surface area is 115 Å². The van der Waals surface area contributed by atoms with E-state index in [2.05, 4.69) is 15.3 Å². The maximum Gasteiger partial charge on any atom is 0.328 e. The van der Waals surface area contributed by atoms with Gasteiger partial charge in [-0.1, -0.05) is 6.07 Å². The third-order valence-electron chi connectivity index (χ3n) is 3.05. The monoisotopic (exact) mass is 268 g/mol. The van der Waals surface area contributed by atoms with Crippen molar-refractivity contribution in [2.45, 2.75) is 0 Å². The summed E-state index contributed by atoms with van der Waals surface area (Å²) in [6.45, 7) is 0. The largest absolute Gasteiger partial charge is 0.478 e. The summed E-state index contributed by atoms with van der Waals surface area (Å²) in [4.78, 5) is 21.0. The molecule has 2 heterocycles. The van der Waals surface area contributed by atoms with Crippen LogP contribution >= 0.6 is 0 Å². The predicted molar refractivity (Wildman–Crippen MR) is 76.5 cm³/mol. The first-order valence-corrected chi connectivity index (χ1v) is 6.02. The molecule has 0 saturated heterocycles. The van der Waals surface area contributed by atoms with Crippen molar-refractivity contribution >= 4 is 35.1 Å². The highest BCUT2D eigenvalue weighted by atomic mass is 16.4. The number of carbonyl (C=O) groups is 1. The van der Waals surface area contributed by atoms with Crippen molar-refractivity contribution < 1.29 is 9.90 Å². The maximum absolute atomic E-state index is 10.5. The molecule has 0 bridgehead atoms. The number of aromatic nitrogens is 2. The summed E-state index contributed by atoms with van der Waals surface area (Å²) in [6, 6.07) is 5.65. The van der Waals surface area contributed by atoms with Crippen molar-refractivity contribution in [3.63, 3.8) is 0 Å². The lowest BCUT2D eigenvalue weighted by Gasteiger charge is -2.28. The average Bonchev–Trinajstić information content (AvgIpc) is 2.45. The Hall–Kier alpha value is -2.89. The number of nitrogens with one attached hydrogen (secondary N) is 1. The lowest BCUT2D eigenvalue weighted by molar-refractivity contribution is -0.131. The second kappa shape index (κ2) is 4.65. The molecule has 6 nitrogen and oxygen atoms in total. The van der Waals surface area contributed by atoms with Crippen LogP contribution in [0.4, 0.5) is 23.0 Å². The Balaban J connectivity index is 2.01. The van der Waals surface area contributed by atoms with Gasteiger partial charge in [0, 0.05) is 25.5 Å². The molecule has 0 radical (unpaired) electrons. The highest BCUT2D eigenvalue weighted by Crippen LogP contribution is 2.40. The molecule has 0 aliphatic carbocycles. The van der Waals surface area contributed by atoms with E-state index in [1.165, 1.54) is 0 Å². The number of hydrogen-bond acceptors (Lipinski definition) is 5. The number of carboxylic acid groups (broad SMARTS) is 1. The number of aliphatic carboxylic acids is 1. The highest BCUT2D eigenvalue weighted by Gasteiger charge is 2.21. The van der Waals surface area contributed by atoms with E-state index in [0.29, 0.717) is 5.82 Å². The SMILES string of the molecule is CN1c2ccc(/C=C/C(=O)O)cc2Nc2nccnc21.